The van der Waals surface area contributed by atoms with E-state index < -0.39 is 0 Å². The lowest BCUT2D eigenvalue weighted by Gasteiger charge is -2.27. The highest BCUT2D eigenvalue weighted by atomic mass is 35.5. The topological polar surface area (TPSA) is 41.6 Å². The summed E-state index contributed by atoms with van der Waals surface area (Å²) in [6, 6.07) is 1.73. The standard InChI is InChI=1S/C17H25ClN2O2S/c1-16(2)7-13(22-11-16)8-20-5-4-17(3,10-20)19-15(21)12-6-14(18)23-9-12/h6,9,13H,4-5,7-8,10-11H2,1-3H3,(H,19,21). The zero-order chi connectivity index (χ0) is 16.7. The number of nitrogens with one attached hydrogen (secondary N) is 1. The third-order valence-electron chi connectivity index (χ3n) is 4.75. The van der Waals surface area contributed by atoms with E-state index in [2.05, 4.69) is 31.0 Å². The van der Waals surface area contributed by atoms with E-state index in [0.29, 0.717) is 21.4 Å². The van der Waals surface area contributed by atoms with Gasteiger partial charge in [0.05, 0.1) is 28.1 Å². The van der Waals surface area contributed by atoms with E-state index in [-0.39, 0.29) is 11.4 Å². The van der Waals surface area contributed by atoms with Crippen LogP contribution in [0.5, 0.6) is 0 Å². The number of halogens is 1. The maximum atomic E-state index is 12.3. The Morgan fingerprint density at radius 1 is 1.52 bits per heavy atom. The highest BCUT2D eigenvalue weighted by Crippen LogP contribution is 2.33. The Labute approximate surface area is 147 Å². The van der Waals surface area contributed by atoms with E-state index in [1.54, 1.807) is 6.07 Å². The molecule has 3 heterocycles. The van der Waals surface area contributed by atoms with Crippen molar-refractivity contribution in [2.24, 2.45) is 5.41 Å². The molecule has 128 valence electrons. The van der Waals surface area contributed by atoms with Gasteiger partial charge in [0, 0.05) is 25.0 Å². The Bertz CT molecular complexity index is 589. The van der Waals surface area contributed by atoms with Gasteiger partial charge in [0.15, 0.2) is 0 Å². The van der Waals surface area contributed by atoms with Crippen molar-refractivity contribution in [3.05, 3.63) is 21.3 Å². The molecule has 0 aromatic carbocycles. The van der Waals surface area contributed by atoms with Gasteiger partial charge in [-0.2, -0.15) is 0 Å². The van der Waals surface area contributed by atoms with E-state index in [9.17, 15) is 4.79 Å². The lowest BCUT2D eigenvalue weighted by Crippen LogP contribution is -2.48. The molecule has 0 aliphatic carbocycles. The minimum Gasteiger partial charge on any atom is -0.376 e. The molecule has 3 rings (SSSR count). The van der Waals surface area contributed by atoms with Crippen LogP contribution in [0.25, 0.3) is 0 Å². The monoisotopic (exact) mass is 356 g/mol. The van der Waals surface area contributed by atoms with E-state index in [0.717, 1.165) is 39.1 Å². The van der Waals surface area contributed by atoms with E-state index in [4.69, 9.17) is 16.3 Å². The highest BCUT2D eigenvalue weighted by Gasteiger charge is 2.38. The molecule has 1 amide bonds. The van der Waals surface area contributed by atoms with Gasteiger partial charge in [-0.1, -0.05) is 25.4 Å². The Balaban J connectivity index is 1.53. The predicted molar refractivity (Wildman–Crippen MR) is 94.4 cm³/mol. The number of carbonyl (C=O) groups excluding carboxylic acids is 1. The second kappa shape index (κ2) is 6.36. The smallest absolute Gasteiger partial charge is 0.252 e. The fraction of sp³-hybridized carbons (Fsp3) is 0.706. The normalized spacial score (nSPS) is 30.7. The SMILES string of the molecule is CC1(C)COC(CN2CCC(C)(NC(=O)c3csc(Cl)c3)C2)C1. The van der Waals surface area contributed by atoms with Gasteiger partial charge in [0.25, 0.3) is 5.91 Å². The summed E-state index contributed by atoms with van der Waals surface area (Å²) in [4.78, 5) is 14.8. The lowest BCUT2D eigenvalue weighted by atomic mass is 9.90. The van der Waals surface area contributed by atoms with Gasteiger partial charge in [0.1, 0.15) is 0 Å². The molecule has 2 unspecified atom stereocenters. The number of hydrogen-bond donors (Lipinski definition) is 1. The summed E-state index contributed by atoms with van der Waals surface area (Å²) in [6.07, 6.45) is 2.39. The molecule has 4 nitrogen and oxygen atoms in total. The summed E-state index contributed by atoms with van der Waals surface area (Å²) in [5.74, 6) is -0.0317. The molecule has 0 bridgehead atoms. The number of hydrogen-bond acceptors (Lipinski definition) is 4. The summed E-state index contributed by atoms with van der Waals surface area (Å²) in [6.45, 7) is 10.3. The molecule has 23 heavy (non-hydrogen) atoms. The minimum atomic E-state index is -0.181. The Kier molecular flexibility index (Phi) is 4.76. The quantitative estimate of drug-likeness (QED) is 0.898. The van der Waals surface area contributed by atoms with Gasteiger partial charge in [-0.15, -0.1) is 11.3 Å². The van der Waals surface area contributed by atoms with Crippen LogP contribution < -0.4 is 5.32 Å². The first-order chi connectivity index (χ1) is 10.7. The number of carbonyl (C=O) groups is 1. The van der Waals surface area contributed by atoms with Crippen LogP contribution >= 0.6 is 22.9 Å². The largest absolute Gasteiger partial charge is 0.376 e. The van der Waals surface area contributed by atoms with Crippen LogP contribution in [-0.2, 0) is 4.74 Å². The molecule has 0 saturated carbocycles. The van der Waals surface area contributed by atoms with Crippen molar-refractivity contribution in [3.63, 3.8) is 0 Å². The Hall–Kier alpha value is -0.620. The van der Waals surface area contributed by atoms with Crippen molar-refractivity contribution >= 4 is 28.8 Å². The second-order valence-electron chi connectivity index (χ2n) is 7.94. The van der Waals surface area contributed by atoms with Crippen LogP contribution in [0.3, 0.4) is 0 Å². The lowest BCUT2D eigenvalue weighted by molar-refractivity contribution is 0.0715. The molecule has 2 aliphatic heterocycles. The van der Waals surface area contributed by atoms with Crippen molar-refractivity contribution < 1.29 is 9.53 Å². The molecule has 2 saturated heterocycles. The van der Waals surface area contributed by atoms with Crippen molar-refractivity contribution in [1.29, 1.82) is 0 Å². The van der Waals surface area contributed by atoms with Crippen molar-refractivity contribution in [3.8, 4) is 0 Å². The molecule has 2 atom stereocenters. The van der Waals surface area contributed by atoms with Crippen LogP contribution in [0.15, 0.2) is 11.4 Å². The molecule has 1 aromatic heterocycles. The Morgan fingerprint density at radius 3 is 2.91 bits per heavy atom. The first-order valence-electron chi connectivity index (χ1n) is 8.15. The minimum absolute atomic E-state index is 0.0317. The fourth-order valence-corrected chi connectivity index (χ4v) is 4.43. The molecule has 2 fully saturated rings. The predicted octanol–water partition coefficient (Wildman–Crippen LogP) is 3.41. The molecule has 0 radical (unpaired) electrons. The van der Waals surface area contributed by atoms with Gasteiger partial charge in [0.2, 0.25) is 0 Å². The van der Waals surface area contributed by atoms with Crippen LogP contribution in [0, 0.1) is 5.41 Å². The molecule has 1 N–H and O–H groups in total. The first-order valence-corrected chi connectivity index (χ1v) is 9.41. The fourth-order valence-electron chi connectivity index (χ4n) is 3.57. The summed E-state index contributed by atoms with van der Waals surface area (Å²) in [7, 11) is 0. The second-order valence-corrected chi connectivity index (χ2v) is 9.48. The van der Waals surface area contributed by atoms with Gasteiger partial charge < -0.3 is 10.1 Å². The molecular weight excluding hydrogens is 332 g/mol. The van der Waals surface area contributed by atoms with Gasteiger partial charge in [-0.3, -0.25) is 9.69 Å². The van der Waals surface area contributed by atoms with Crippen molar-refractivity contribution in [2.45, 2.75) is 45.3 Å². The zero-order valence-corrected chi connectivity index (χ0v) is 15.6. The van der Waals surface area contributed by atoms with E-state index in [1.807, 2.05) is 5.38 Å². The van der Waals surface area contributed by atoms with Crippen LogP contribution in [-0.4, -0.2) is 48.7 Å². The molecule has 6 heteroatoms. The van der Waals surface area contributed by atoms with Gasteiger partial charge in [-0.05, 0) is 31.2 Å². The third-order valence-corrected chi connectivity index (χ3v) is 5.84. The van der Waals surface area contributed by atoms with Crippen molar-refractivity contribution in [1.82, 2.24) is 10.2 Å². The summed E-state index contributed by atoms with van der Waals surface area (Å²) < 4.78 is 6.56. The summed E-state index contributed by atoms with van der Waals surface area (Å²) in [5.41, 5.74) is 0.764. The molecule has 2 aliphatic rings. The van der Waals surface area contributed by atoms with Crippen LogP contribution in [0.1, 0.15) is 44.0 Å². The average Bonchev–Trinajstić information content (AvgIpc) is 3.11. The zero-order valence-electron chi connectivity index (χ0n) is 14.0. The van der Waals surface area contributed by atoms with Gasteiger partial charge in [-0.25, -0.2) is 0 Å². The summed E-state index contributed by atoms with van der Waals surface area (Å²) >= 11 is 7.30. The van der Waals surface area contributed by atoms with E-state index in [1.165, 1.54) is 11.3 Å². The number of ether oxygens (including phenoxy) is 1. The highest BCUT2D eigenvalue weighted by molar-refractivity contribution is 7.14. The Morgan fingerprint density at radius 2 is 2.30 bits per heavy atom. The van der Waals surface area contributed by atoms with Crippen LogP contribution in [0.4, 0.5) is 0 Å². The maximum absolute atomic E-state index is 12.3. The molecule has 0 spiro atoms. The number of thiophene rings is 1. The number of rotatable bonds is 4. The maximum Gasteiger partial charge on any atom is 0.252 e. The average molecular weight is 357 g/mol. The van der Waals surface area contributed by atoms with Crippen LogP contribution in [0.2, 0.25) is 4.34 Å². The molecular formula is C17H25ClN2O2S. The van der Waals surface area contributed by atoms with Crippen molar-refractivity contribution in [2.75, 3.05) is 26.2 Å². The summed E-state index contributed by atoms with van der Waals surface area (Å²) in [5, 5.41) is 4.99. The number of likely N-dealkylation sites (tertiary alicyclic amines) is 1. The third kappa shape index (κ3) is 4.27. The first kappa shape index (κ1) is 17.2. The van der Waals surface area contributed by atoms with E-state index >= 15 is 0 Å². The van der Waals surface area contributed by atoms with Gasteiger partial charge >= 0.3 is 0 Å². The number of amides is 1. The number of nitrogens with zero attached hydrogens (tertiary/aromatic N) is 1. The molecule has 1 aromatic rings.